The minimum Gasteiger partial charge on any atom is -0.358 e. The van der Waals surface area contributed by atoms with E-state index in [4.69, 9.17) is 23.8 Å². The van der Waals surface area contributed by atoms with Gasteiger partial charge in [-0.2, -0.15) is 0 Å². The van der Waals surface area contributed by atoms with E-state index in [0.717, 1.165) is 12.8 Å². The van der Waals surface area contributed by atoms with Crippen LogP contribution in [0.3, 0.4) is 0 Å². The van der Waals surface area contributed by atoms with Crippen LogP contribution in [0.5, 0.6) is 0 Å². The summed E-state index contributed by atoms with van der Waals surface area (Å²) in [5, 5.41) is 4.17. The van der Waals surface area contributed by atoms with E-state index < -0.39 is 0 Å². The van der Waals surface area contributed by atoms with Crippen LogP contribution in [-0.4, -0.2) is 29.5 Å². The van der Waals surface area contributed by atoms with Crippen molar-refractivity contribution in [3.8, 4) is 0 Å². The molecule has 2 aliphatic rings. The van der Waals surface area contributed by atoms with E-state index in [1.165, 1.54) is 12.8 Å². The zero-order chi connectivity index (χ0) is 20.3. The third-order valence-electron chi connectivity index (χ3n) is 5.89. The zero-order valence-electron chi connectivity index (χ0n) is 16.3. The Morgan fingerprint density at radius 2 is 2.00 bits per heavy atom. The summed E-state index contributed by atoms with van der Waals surface area (Å²) in [7, 11) is 0. The summed E-state index contributed by atoms with van der Waals surface area (Å²) >= 11 is 11.6. The standard InChI is InChI=1S/C20H27ClN4O2S/c1-12-5-3-6-16(13(12)2)22-20(28)24-23-19(27)14-8-9-15(21)17(11-14)25-10-4-7-18(25)26/h8-9,11-13,16H,3-7,10H2,1-2H3,(H,23,27)(H2,22,24,28)/t12-,13+,16-/m0/s1. The first kappa shape index (κ1) is 20.9. The number of anilines is 1. The highest BCUT2D eigenvalue weighted by molar-refractivity contribution is 7.80. The second kappa shape index (κ2) is 9.09. The van der Waals surface area contributed by atoms with Gasteiger partial charge in [-0.25, -0.2) is 0 Å². The number of nitrogens with one attached hydrogen (secondary N) is 3. The van der Waals surface area contributed by atoms with Gasteiger partial charge in [-0.15, -0.1) is 0 Å². The lowest BCUT2D eigenvalue weighted by Gasteiger charge is -2.35. The molecule has 28 heavy (non-hydrogen) atoms. The van der Waals surface area contributed by atoms with Gasteiger partial charge in [-0.05, 0) is 55.1 Å². The van der Waals surface area contributed by atoms with Gasteiger partial charge in [-0.3, -0.25) is 20.4 Å². The summed E-state index contributed by atoms with van der Waals surface area (Å²) in [6.45, 7) is 5.12. The first-order chi connectivity index (χ1) is 13.4. The number of hydrogen-bond acceptors (Lipinski definition) is 3. The molecule has 1 aliphatic carbocycles. The molecule has 0 unspecified atom stereocenters. The van der Waals surface area contributed by atoms with Gasteiger partial charge in [0.15, 0.2) is 5.11 Å². The number of thiocarbonyl (C=S) groups is 1. The van der Waals surface area contributed by atoms with Crippen LogP contribution in [0.2, 0.25) is 5.02 Å². The van der Waals surface area contributed by atoms with Crippen LogP contribution >= 0.6 is 23.8 Å². The van der Waals surface area contributed by atoms with Crippen molar-refractivity contribution >= 4 is 46.4 Å². The Kier molecular flexibility index (Phi) is 6.78. The van der Waals surface area contributed by atoms with Gasteiger partial charge < -0.3 is 10.2 Å². The fraction of sp³-hybridized carbons (Fsp3) is 0.550. The van der Waals surface area contributed by atoms with Crippen molar-refractivity contribution in [1.29, 1.82) is 0 Å². The molecule has 8 heteroatoms. The van der Waals surface area contributed by atoms with Crippen molar-refractivity contribution in [2.24, 2.45) is 11.8 Å². The number of carbonyl (C=O) groups is 2. The molecule has 1 aromatic carbocycles. The highest BCUT2D eigenvalue weighted by Crippen LogP contribution is 2.31. The fourth-order valence-electron chi connectivity index (χ4n) is 3.94. The Morgan fingerprint density at radius 3 is 2.71 bits per heavy atom. The number of benzene rings is 1. The van der Waals surface area contributed by atoms with E-state index in [1.807, 2.05) is 0 Å². The number of hydrogen-bond donors (Lipinski definition) is 3. The molecule has 2 fully saturated rings. The lowest BCUT2D eigenvalue weighted by molar-refractivity contribution is -0.117. The van der Waals surface area contributed by atoms with Crippen molar-refractivity contribution in [2.75, 3.05) is 11.4 Å². The van der Waals surface area contributed by atoms with Crippen molar-refractivity contribution in [1.82, 2.24) is 16.2 Å². The number of hydrazine groups is 1. The molecule has 152 valence electrons. The lowest BCUT2D eigenvalue weighted by Crippen LogP contribution is -2.52. The Balaban J connectivity index is 1.57. The molecule has 3 rings (SSSR count). The molecule has 3 atom stereocenters. The third kappa shape index (κ3) is 4.75. The van der Waals surface area contributed by atoms with Crippen LogP contribution in [0, 0.1) is 11.8 Å². The van der Waals surface area contributed by atoms with Crippen LogP contribution in [0.4, 0.5) is 5.69 Å². The maximum absolute atomic E-state index is 12.5. The molecular formula is C20H27ClN4O2S. The molecule has 0 spiro atoms. The molecule has 2 amide bonds. The second-order valence-corrected chi connectivity index (χ2v) is 8.56. The third-order valence-corrected chi connectivity index (χ3v) is 6.42. The topological polar surface area (TPSA) is 73.5 Å². The predicted octanol–water partition coefficient (Wildman–Crippen LogP) is 3.40. The molecule has 6 nitrogen and oxygen atoms in total. The number of nitrogens with zero attached hydrogens (tertiary/aromatic N) is 1. The Hall–Kier alpha value is -1.86. The molecule has 1 aromatic rings. The first-order valence-corrected chi connectivity index (χ1v) is 10.6. The normalized spacial score (nSPS) is 24.8. The minimum atomic E-state index is -0.334. The molecule has 1 aliphatic heterocycles. The van der Waals surface area contributed by atoms with Crippen molar-refractivity contribution in [3.05, 3.63) is 28.8 Å². The first-order valence-electron chi connectivity index (χ1n) is 9.83. The van der Waals surface area contributed by atoms with E-state index in [0.29, 0.717) is 52.2 Å². The summed E-state index contributed by atoms with van der Waals surface area (Å²) in [6, 6.07) is 5.22. The number of rotatable bonds is 3. The highest BCUT2D eigenvalue weighted by Gasteiger charge is 2.27. The molecule has 3 N–H and O–H groups in total. The van der Waals surface area contributed by atoms with E-state index in [-0.39, 0.29) is 11.8 Å². The highest BCUT2D eigenvalue weighted by atomic mass is 35.5. The van der Waals surface area contributed by atoms with Gasteiger partial charge >= 0.3 is 0 Å². The average Bonchev–Trinajstić information content (AvgIpc) is 3.09. The number of carbonyl (C=O) groups excluding carboxylic acids is 2. The summed E-state index contributed by atoms with van der Waals surface area (Å²) in [6.07, 6.45) is 4.80. The van der Waals surface area contributed by atoms with Crippen molar-refractivity contribution in [3.63, 3.8) is 0 Å². The van der Waals surface area contributed by atoms with E-state index in [9.17, 15) is 9.59 Å². The Morgan fingerprint density at radius 1 is 1.21 bits per heavy atom. The van der Waals surface area contributed by atoms with Gasteiger partial charge in [0.2, 0.25) is 5.91 Å². The number of halogens is 1. The largest absolute Gasteiger partial charge is 0.358 e. The van der Waals surface area contributed by atoms with Gasteiger partial charge in [0.25, 0.3) is 5.91 Å². The van der Waals surface area contributed by atoms with E-state index >= 15 is 0 Å². The lowest BCUT2D eigenvalue weighted by atomic mass is 9.78. The SMILES string of the molecule is C[C@H]1[C@@H](NC(=S)NNC(=O)c2ccc(Cl)c(N3CCCC3=O)c2)CCC[C@@H]1C. The van der Waals surface area contributed by atoms with Crippen LogP contribution in [0.1, 0.15) is 56.3 Å². The minimum absolute atomic E-state index is 0.0267. The Labute approximate surface area is 176 Å². The summed E-state index contributed by atoms with van der Waals surface area (Å²) in [5.74, 6) is 0.878. The van der Waals surface area contributed by atoms with E-state index in [2.05, 4.69) is 30.0 Å². The molecular weight excluding hydrogens is 396 g/mol. The van der Waals surface area contributed by atoms with Crippen molar-refractivity contribution < 1.29 is 9.59 Å². The molecule has 1 heterocycles. The monoisotopic (exact) mass is 422 g/mol. The van der Waals surface area contributed by atoms with Gasteiger partial charge in [0.05, 0.1) is 10.7 Å². The zero-order valence-corrected chi connectivity index (χ0v) is 17.8. The van der Waals surface area contributed by atoms with Crippen LogP contribution in [-0.2, 0) is 4.79 Å². The molecule has 1 saturated carbocycles. The fourth-order valence-corrected chi connectivity index (χ4v) is 4.36. The molecule has 1 saturated heterocycles. The van der Waals surface area contributed by atoms with Gasteiger partial charge in [0.1, 0.15) is 0 Å². The van der Waals surface area contributed by atoms with E-state index in [1.54, 1.807) is 23.1 Å². The maximum atomic E-state index is 12.5. The molecule has 0 aromatic heterocycles. The summed E-state index contributed by atoms with van der Waals surface area (Å²) < 4.78 is 0. The predicted molar refractivity (Wildman–Crippen MR) is 115 cm³/mol. The van der Waals surface area contributed by atoms with Gasteiger partial charge in [0, 0.05) is 24.6 Å². The summed E-state index contributed by atoms with van der Waals surface area (Å²) in [4.78, 5) is 26.1. The molecule has 0 bridgehead atoms. The quantitative estimate of drug-likeness (QED) is 0.514. The second-order valence-electron chi connectivity index (χ2n) is 7.74. The smallest absolute Gasteiger partial charge is 0.269 e. The maximum Gasteiger partial charge on any atom is 0.269 e. The van der Waals surface area contributed by atoms with Crippen LogP contribution < -0.4 is 21.1 Å². The summed E-state index contributed by atoms with van der Waals surface area (Å²) in [5.41, 5.74) is 6.39. The van der Waals surface area contributed by atoms with Gasteiger partial charge in [-0.1, -0.05) is 38.3 Å². The number of amides is 2. The Bertz CT molecular complexity index is 773. The average molecular weight is 423 g/mol. The molecule has 0 radical (unpaired) electrons. The van der Waals surface area contributed by atoms with Crippen molar-refractivity contribution in [2.45, 2.75) is 52.0 Å². The van der Waals surface area contributed by atoms with Crippen LogP contribution in [0.25, 0.3) is 0 Å². The van der Waals surface area contributed by atoms with Crippen LogP contribution in [0.15, 0.2) is 18.2 Å².